The van der Waals surface area contributed by atoms with Gasteiger partial charge in [-0.15, -0.1) is 0 Å². The fourth-order valence-electron chi connectivity index (χ4n) is 3.27. The van der Waals surface area contributed by atoms with Crippen LogP contribution in [0.15, 0.2) is 30.3 Å². The molecule has 144 valence electrons. The lowest BCUT2D eigenvalue weighted by Crippen LogP contribution is -2.48. The Morgan fingerprint density at radius 1 is 1.15 bits per heavy atom. The Labute approximate surface area is 159 Å². The summed E-state index contributed by atoms with van der Waals surface area (Å²) in [4.78, 5) is 25.3. The van der Waals surface area contributed by atoms with Gasteiger partial charge in [-0.1, -0.05) is 38.1 Å². The molecule has 0 aliphatic carbocycles. The van der Waals surface area contributed by atoms with Crippen LogP contribution in [0.2, 0.25) is 0 Å². The Hall–Kier alpha value is -2.51. The van der Waals surface area contributed by atoms with Crippen molar-refractivity contribution in [1.82, 2.24) is 19.8 Å². The number of amides is 1. The molecule has 1 saturated heterocycles. The second-order valence-corrected chi connectivity index (χ2v) is 7.19. The first kappa shape index (κ1) is 19.3. The zero-order chi connectivity index (χ0) is 19.4. The lowest BCUT2D eigenvalue weighted by molar-refractivity contribution is 0.0622. The first-order valence-electron chi connectivity index (χ1n) is 9.31. The first-order chi connectivity index (χ1) is 13.0. The maximum atomic E-state index is 12.8. The normalized spacial score (nSPS) is 15.3. The summed E-state index contributed by atoms with van der Waals surface area (Å²) in [5.74, 6) is 0.232. The Kier molecular flexibility index (Phi) is 6.03. The largest absolute Gasteiger partial charge is 0.392 e. The van der Waals surface area contributed by atoms with Crippen LogP contribution in [-0.2, 0) is 13.2 Å². The van der Waals surface area contributed by atoms with Crippen LogP contribution in [0.25, 0.3) is 0 Å². The standard InChI is InChI=1S/C20H27N5O2/c1-14(2)17-11-18(23-20(21)22-17)19(27)25-9-7-24(8-10-25)12-15-5-3-4-6-16(15)13-26/h3-6,11,14,26H,7-10,12-13H2,1-2H3,(H2,21,22,23). The van der Waals surface area contributed by atoms with Gasteiger partial charge in [-0.2, -0.15) is 0 Å². The number of aliphatic hydroxyl groups is 1. The van der Waals surface area contributed by atoms with Crippen molar-refractivity contribution in [3.05, 3.63) is 52.8 Å². The lowest BCUT2D eigenvalue weighted by atomic mass is 10.1. The van der Waals surface area contributed by atoms with E-state index in [1.54, 1.807) is 6.07 Å². The summed E-state index contributed by atoms with van der Waals surface area (Å²) in [6.07, 6.45) is 0. The zero-order valence-electron chi connectivity index (χ0n) is 15.9. The van der Waals surface area contributed by atoms with Gasteiger partial charge >= 0.3 is 0 Å². The summed E-state index contributed by atoms with van der Waals surface area (Å²) in [6, 6.07) is 9.65. The number of hydrogen-bond acceptors (Lipinski definition) is 6. The molecule has 0 spiro atoms. The number of anilines is 1. The van der Waals surface area contributed by atoms with Crippen LogP contribution in [0.4, 0.5) is 5.95 Å². The number of carbonyl (C=O) groups excluding carboxylic acids is 1. The molecule has 0 atom stereocenters. The van der Waals surface area contributed by atoms with Crippen LogP contribution in [0.5, 0.6) is 0 Å². The van der Waals surface area contributed by atoms with E-state index in [1.807, 2.05) is 43.0 Å². The molecule has 3 N–H and O–H groups in total. The SMILES string of the molecule is CC(C)c1cc(C(=O)N2CCN(Cc3ccccc3CO)CC2)nc(N)n1. The summed E-state index contributed by atoms with van der Waals surface area (Å²) in [7, 11) is 0. The highest BCUT2D eigenvalue weighted by molar-refractivity contribution is 5.92. The average Bonchev–Trinajstić information content (AvgIpc) is 2.68. The molecule has 7 heteroatoms. The summed E-state index contributed by atoms with van der Waals surface area (Å²) < 4.78 is 0. The molecule has 0 radical (unpaired) electrons. The molecule has 1 aliphatic heterocycles. The Morgan fingerprint density at radius 2 is 1.81 bits per heavy atom. The first-order valence-corrected chi connectivity index (χ1v) is 9.31. The number of rotatable bonds is 5. The molecule has 3 rings (SSSR count). The molecule has 2 aromatic rings. The molecule has 1 aromatic carbocycles. The maximum Gasteiger partial charge on any atom is 0.272 e. The van der Waals surface area contributed by atoms with Gasteiger partial charge in [0.1, 0.15) is 5.69 Å². The zero-order valence-corrected chi connectivity index (χ0v) is 15.9. The predicted molar refractivity (Wildman–Crippen MR) is 104 cm³/mol. The monoisotopic (exact) mass is 369 g/mol. The molecule has 7 nitrogen and oxygen atoms in total. The second-order valence-electron chi connectivity index (χ2n) is 7.19. The predicted octanol–water partition coefficient (Wildman–Crippen LogP) is 1.63. The van der Waals surface area contributed by atoms with Crippen LogP contribution in [0.3, 0.4) is 0 Å². The lowest BCUT2D eigenvalue weighted by Gasteiger charge is -2.35. The quantitative estimate of drug-likeness (QED) is 0.832. The van der Waals surface area contributed by atoms with Crippen molar-refractivity contribution in [3.63, 3.8) is 0 Å². The topological polar surface area (TPSA) is 95.6 Å². The fourth-order valence-corrected chi connectivity index (χ4v) is 3.27. The van der Waals surface area contributed by atoms with Gasteiger partial charge in [0.15, 0.2) is 0 Å². The van der Waals surface area contributed by atoms with E-state index in [0.717, 1.165) is 36.5 Å². The summed E-state index contributed by atoms with van der Waals surface area (Å²) in [6.45, 7) is 7.69. The van der Waals surface area contributed by atoms with Gasteiger partial charge in [-0.25, -0.2) is 9.97 Å². The van der Waals surface area contributed by atoms with Gasteiger partial charge in [0, 0.05) is 38.4 Å². The summed E-state index contributed by atoms with van der Waals surface area (Å²) in [5.41, 5.74) is 9.01. The number of nitrogens with two attached hydrogens (primary N) is 1. The van der Waals surface area contributed by atoms with Gasteiger partial charge in [0.25, 0.3) is 5.91 Å². The van der Waals surface area contributed by atoms with Gasteiger partial charge in [0.05, 0.1) is 6.61 Å². The molecular weight excluding hydrogens is 342 g/mol. The van der Waals surface area contributed by atoms with Gasteiger partial charge < -0.3 is 15.7 Å². The number of aliphatic hydroxyl groups excluding tert-OH is 1. The van der Waals surface area contributed by atoms with E-state index in [-0.39, 0.29) is 24.4 Å². The molecule has 27 heavy (non-hydrogen) atoms. The van der Waals surface area contributed by atoms with E-state index in [4.69, 9.17) is 5.73 Å². The molecule has 0 saturated carbocycles. The minimum atomic E-state index is -0.0959. The van der Waals surface area contributed by atoms with Crippen molar-refractivity contribution in [2.45, 2.75) is 32.9 Å². The molecule has 1 aromatic heterocycles. The molecule has 0 bridgehead atoms. The Balaban J connectivity index is 1.63. The van der Waals surface area contributed by atoms with E-state index in [1.165, 1.54) is 0 Å². The minimum Gasteiger partial charge on any atom is -0.392 e. The van der Waals surface area contributed by atoms with Gasteiger partial charge in [-0.3, -0.25) is 9.69 Å². The Bertz CT molecular complexity index is 801. The number of benzene rings is 1. The number of nitrogen functional groups attached to an aromatic ring is 1. The van der Waals surface area contributed by atoms with E-state index in [0.29, 0.717) is 18.8 Å². The molecular formula is C20H27N5O2. The number of aromatic nitrogens is 2. The number of hydrogen-bond donors (Lipinski definition) is 2. The molecule has 0 unspecified atom stereocenters. The molecule has 1 fully saturated rings. The van der Waals surface area contributed by atoms with Crippen LogP contribution in [0, 0.1) is 0 Å². The van der Waals surface area contributed by atoms with E-state index < -0.39 is 0 Å². The molecule has 1 amide bonds. The summed E-state index contributed by atoms with van der Waals surface area (Å²) >= 11 is 0. The Morgan fingerprint density at radius 3 is 2.44 bits per heavy atom. The highest BCUT2D eigenvalue weighted by Crippen LogP contribution is 2.17. The number of nitrogens with zero attached hydrogens (tertiary/aromatic N) is 4. The molecule has 2 heterocycles. The summed E-state index contributed by atoms with van der Waals surface area (Å²) in [5, 5.41) is 9.48. The second kappa shape index (κ2) is 8.45. The highest BCUT2D eigenvalue weighted by Gasteiger charge is 2.24. The van der Waals surface area contributed by atoms with Crippen LogP contribution < -0.4 is 5.73 Å². The van der Waals surface area contributed by atoms with E-state index in [9.17, 15) is 9.90 Å². The number of carbonyl (C=O) groups is 1. The van der Waals surface area contributed by atoms with Crippen molar-refractivity contribution in [3.8, 4) is 0 Å². The maximum absolute atomic E-state index is 12.8. The van der Waals surface area contributed by atoms with Crippen LogP contribution in [0.1, 0.15) is 47.1 Å². The van der Waals surface area contributed by atoms with Crippen molar-refractivity contribution >= 4 is 11.9 Å². The van der Waals surface area contributed by atoms with E-state index >= 15 is 0 Å². The third-order valence-electron chi connectivity index (χ3n) is 4.92. The molecule has 1 aliphatic rings. The fraction of sp³-hybridized carbons (Fsp3) is 0.450. The van der Waals surface area contributed by atoms with Crippen molar-refractivity contribution in [2.24, 2.45) is 0 Å². The van der Waals surface area contributed by atoms with Gasteiger partial charge in [0.2, 0.25) is 5.95 Å². The van der Waals surface area contributed by atoms with Crippen LogP contribution in [-0.4, -0.2) is 57.0 Å². The number of piperazine rings is 1. The van der Waals surface area contributed by atoms with Crippen molar-refractivity contribution in [2.75, 3.05) is 31.9 Å². The van der Waals surface area contributed by atoms with Gasteiger partial charge in [-0.05, 0) is 23.1 Å². The highest BCUT2D eigenvalue weighted by atomic mass is 16.3. The van der Waals surface area contributed by atoms with Crippen molar-refractivity contribution in [1.29, 1.82) is 0 Å². The third kappa shape index (κ3) is 4.61. The van der Waals surface area contributed by atoms with Crippen LogP contribution >= 0.6 is 0 Å². The average molecular weight is 369 g/mol. The third-order valence-corrected chi connectivity index (χ3v) is 4.92. The smallest absolute Gasteiger partial charge is 0.272 e. The minimum absolute atomic E-state index is 0.0436. The van der Waals surface area contributed by atoms with Crippen molar-refractivity contribution < 1.29 is 9.90 Å². The van der Waals surface area contributed by atoms with E-state index in [2.05, 4.69) is 14.9 Å².